The highest BCUT2D eigenvalue weighted by molar-refractivity contribution is 7.20. The van der Waals surface area contributed by atoms with Crippen LogP contribution in [0.1, 0.15) is 0 Å². The molecule has 12 rings (SSSR count). The van der Waals surface area contributed by atoms with Crippen LogP contribution in [0.2, 0.25) is 0 Å². The van der Waals surface area contributed by atoms with Crippen LogP contribution >= 0.6 is 0 Å². The van der Waals surface area contributed by atoms with E-state index >= 15 is 0 Å². The summed E-state index contributed by atoms with van der Waals surface area (Å²) >= 11 is 0. The Morgan fingerprint density at radius 1 is 0.270 bits per heavy atom. The van der Waals surface area contributed by atoms with E-state index < -0.39 is 8.07 Å². The number of hydrogen-bond donors (Lipinski definition) is 0. The maximum absolute atomic E-state index is 3.03. The number of nitrogens with zero attached hydrogens (tertiary/aromatic N) is 2. The van der Waals surface area contributed by atoms with Crippen LogP contribution in [0.5, 0.6) is 0 Å². The molecule has 0 aliphatic rings. The summed E-state index contributed by atoms with van der Waals surface area (Å²) in [5.74, 6) is 0. The molecule has 296 valence electrons. The number of hydrogen-bond acceptors (Lipinski definition) is 0. The summed E-state index contributed by atoms with van der Waals surface area (Å²) in [6.45, 7) is 0. The Labute approximate surface area is 368 Å². The Hall–Kier alpha value is -7.98. The predicted octanol–water partition coefficient (Wildman–Crippen LogP) is 12.6. The van der Waals surface area contributed by atoms with E-state index in [0.29, 0.717) is 0 Å². The molecule has 0 saturated heterocycles. The lowest BCUT2D eigenvalue weighted by molar-refractivity contribution is 1.13. The monoisotopic (exact) mass is 818 g/mol. The number of benzene rings is 10. The molecule has 63 heavy (non-hydrogen) atoms. The first-order chi connectivity index (χ1) is 31.3. The van der Waals surface area contributed by atoms with Crippen LogP contribution in [0.3, 0.4) is 0 Å². The van der Waals surface area contributed by atoms with Crippen molar-refractivity contribution in [2.24, 2.45) is 0 Å². The Balaban J connectivity index is 1.29. The van der Waals surface area contributed by atoms with Crippen molar-refractivity contribution < 1.29 is 0 Å². The first kappa shape index (κ1) is 36.8. The van der Waals surface area contributed by atoms with Crippen molar-refractivity contribution in [1.82, 2.24) is 9.13 Å². The highest BCUT2D eigenvalue weighted by Gasteiger charge is 2.43. The van der Waals surface area contributed by atoms with Gasteiger partial charge in [-0.3, -0.25) is 0 Å². The zero-order chi connectivity index (χ0) is 41.7. The molecule has 0 amide bonds. The van der Waals surface area contributed by atoms with Crippen LogP contribution in [0.25, 0.3) is 77.2 Å². The van der Waals surface area contributed by atoms with Gasteiger partial charge >= 0.3 is 0 Å². The van der Waals surface area contributed by atoms with E-state index in [1.807, 2.05) is 0 Å². The van der Waals surface area contributed by atoms with E-state index in [1.54, 1.807) is 0 Å². The quantitative estimate of drug-likeness (QED) is 0.107. The standard InChI is InChI=1S/C60H42N2Si/c1-6-22-43(23-7-1)45-40-41-56-53(42-45)52-35-21-39-58(63(46-26-10-3-11-27-46,47-28-12-4-13-29-47)48-30-14-5-15-31-48)60(52)62(56)57-38-20-34-51-50-33-17-19-37-55(50)61(59(51)57)54-36-18-16-32-49(54)44-24-8-2-9-25-44/h1-42H. The fourth-order valence-electron chi connectivity index (χ4n) is 10.4. The molecular weight excluding hydrogens is 777 g/mol. The number of aromatic nitrogens is 2. The average Bonchev–Trinajstić information content (AvgIpc) is 3.89. The molecule has 12 aromatic rings. The third kappa shape index (κ3) is 5.78. The van der Waals surface area contributed by atoms with E-state index in [4.69, 9.17) is 0 Å². The van der Waals surface area contributed by atoms with Gasteiger partial charge in [-0.1, -0.05) is 224 Å². The number of fused-ring (bicyclic) bond motifs is 6. The first-order valence-electron chi connectivity index (χ1n) is 21.8. The van der Waals surface area contributed by atoms with E-state index in [2.05, 4.69) is 264 Å². The minimum absolute atomic E-state index is 1.14. The van der Waals surface area contributed by atoms with Gasteiger partial charge in [0.2, 0.25) is 0 Å². The van der Waals surface area contributed by atoms with Gasteiger partial charge < -0.3 is 9.13 Å². The molecule has 0 radical (unpaired) electrons. The maximum Gasteiger partial charge on any atom is 0.181 e. The Morgan fingerprint density at radius 3 is 1.38 bits per heavy atom. The van der Waals surface area contributed by atoms with Crippen LogP contribution in [0.4, 0.5) is 0 Å². The minimum atomic E-state index is -3.03. The van der Waals surface area contributed by atoms with Gasteiger partial charge in [0, 0.05) is 27.1 Å². The van der Waals surface area contributed by atoms with Gasteiger partial charge in [0.05, 0.1) is 33.4 Å². The van der Waals surface area contributed by atoms with E-state index in [-0.39, 0.29) is 0 Å². The van der Waals surface area contributed by atoms with E-state index in [9.17, 15) is 0 Å². The van der Waals surface area contributed by atoms with Crippen LogP contribution in [-0.2, 0) is 0 Å². The summed E-state index contributed by atoms with van der Waals surface area (Å²) in [5.41, 5.74) is 11.8. The Morgan fingerprint density at radius 2 is 0.730 bits per heavy atom. The second-order valence-electron chi connectivity index (χ2n) is 16.4. The molecular formula is C60H42N2Si. The van der Waals surface area contributed by atoms with Gasteiger partial charge in [-0.15, -0.1) is 0 Å². The van der Waals surface area contributed by atoms with E-state index in [0.717, 1.165) is 11.4 Å². The third-order valence-electron chi connectivity index (χ3n) is 13.1. The zero-order valence-corrected chi connectivity index (χ0v) is 35.6. The molecule has 0 aliphatic heterocycles. The second-order valence-corrected chi connectivity index (χ2v) is 20.2. The fourth-order valence-corrected chi connectivity index (χ4v) is 15.4. The third-order valence-corrected chi connectivity index (χ3v) is 17.9. The van der Waals surface area contributed by atoms with Crippen molar-refractivity contribution >= 4 is 72.4 Å². The molecule has 10 aromatic carbocycles. The molecule has 2 heterocycles. The SMILES string of the molecule is c1ccc(-c2ccc3c(c2)c2cccc([Si](c4ccccc4)(c4ccccc4)c4ccccc4)c2n3-c2cccc3c4ccccc4n(-c4ccccc4-c4ccccc4)c23)cc1. The predicted molar refractivity (Wildman–Crippen MR) is 270 cm³/mol. The molecule has 2 nitrogen and oxygen atoms in total. The second kappa shape index (κ2) is 15.2. The number of para-hydroxylation sites is 4. The van der Waals surface area contributed by atoms with Crippen molar-refractivity contribution in [3.63, 3.8) is 0 Å². The fraction of sp³-hybridized carbons (Fsp3) is 0. The van der Waals surface area contributed by atoms with Gasteiger partial charge in [-0.25, -0.2) is 0 Å². The lowest BCUT2D eigenvalue weighted by Gasteiger charge is -2.35. The average molecular weight is 819 g/mol. The largest absolute Gasteiger partial charge is 0.307 e. The lowest BCUT2D eigenvalue weighted by Crippen LogP contribution is -2.75. The smallest absolute Gasteiger partial charge is 0.181 e. The van der Waals surface area contributed by atoms with Crippen LogP contribution in [-0.4, -0.2) is 17.2 Å². The lowest BCUT2D eigenvalue weighted by atomic mass is 10.0. The van der Waals surface area contributed by atoms with Crippen molar-refractivity contribution in [3.8, 4) is 33.6 Å². The molecule has 0 unspecified atom stereocenters. The van der Waals surface area contributed by atoms with Gasteiger partial charge in [0.1, 0.15) is 0 Å². The first-order valence-corrected chi connectivity index (χ1v) is 23.8. The number of rotatable bonds is 8. The highest BCUT2D eigenvalue weighted by Crippen LogP contribution is 2.42. The van der Waals surface area contributed by atoms with Crippen LogP contribution in [0.15, 0.2) is 255 Å². The summed E-state index contributed by atoms with van der Waals surface area (Å²) in [6, 6.07) is 94.4. The van der Waals surface area contributed by atoms with E-state index in [1.165, 1.54) is 86.6 Å². The molecule has 2 aromatic heterocycles. The van der Waals surface area contributed by atoms with Gasteiger partial charge in [-0.2, -0.15) is 0 Å². The molecule has 0 N–H and O–H groups in total. The molecule has 0 aliphatic carbocycles. The Bertz CT molecular complexity index is 3500. The summed E-state index contributed by atoms with van der Waals surface area (Å²) in [6.07, 6.45) is 0. The Kier molecular flexibility index (Phi) is 8.87. The van der Waals surface area contributed by atoms with Crippen LogP contribution < -0.4 is 20.7 Å². The molecule has 0 saturated carbocycles. The summed E-state index contributed by atoms with van der Waals surface area (Å²) in [7, 11) is -3.03. The maximum atomic E-state index is 2.62. The van der Waals surface area contributed by atoms with Crippen molar-refractivity contribution in [1.29, 1.82) is 0 Å². The summed E-state index contributed by atoms with van der Waals surface area (Å²) < 4.78 is 5.14. The molecule has 0 bridgehead atoms. The molecule has 0 atom stereocenters. The summed E-state index contributed by atoms with van der Waals surface area (Å²) in [4.78, 5) is 0. The van der Waals surface area contributed by atoms with Crippen LogP contribution in [0, 0.1) is 0 Å². The zero-order valence-electron chi connectivity index (χ0n) is 34.6. The van der Waals surface area contributed by atoms with Crippen molar-refractivity contribution in [3.05, 3.63) is 255 Å². The topological polar surface area (TPSA) is 9.86 Å². The highest BCUT2D eigenvalue weighted by atomic mass is 28.3. The van der Waals surface area contributed by atoms with Crippen molar-refractivity contribution in [2.75, 3.05) is 0 Å². The van der Waals surface area contributed by atoms with Gasteiger partial charge in [0.25, 0.3) is 0 Å². The summed E-state index contributed by atoms with van der Waals surface area (Å²) in [5, 5.41) is 10.3. The van der Waals surface area contributed by atoms with Gasteiger partial charge in [0.15, 0.2) is 8.07 Å². The molecule has 0 fully saturated rings. The molecule has 3 heteroatoms. The molecule has 0 spiro atoms. The van der Waals surface area contributed by atoms with Gasteiger partial charge in [-0.05, 0) is 67.8 Å². The minimum Gasteiger partial charge on any atom is -0.307 e. The normalized spacial score (nSPS) is 11.8. The van der Waals surface area contributed by atoms with Crippen molar-refractivity contribution in [2.45, 2.75) is 0 Å².